The second kappa shape index (κ2) is 6.85. The van der Waals surface area contributed by atoms with Crippen molar-refractivity contribution in [3.8, 4) is 17.4 Å². The van der Waals surface area contributed by atoms with Gasteiger partial charge in [-0.1, -0.05) is 30.3 Å². The molecule has 3 aromatic carbocycles. The largest absolute Gasteiger partial charge is 0.478 e. The Balaban J connectivity index is 1.50. The minimum Gasteiger partial charge on any atom is -0.478 e. The minimum atomic E-state index is -1.11. The second-order valence-corrected chi connectivity index (χ2v) is 6.66. The summed E-state index contributed by atoms with van der Waals surface area (Å²) in [5.41, 5.74) is 0.0511. The van der Waals surface area contributed by atoms with Crippen LogP contribution in [0.15, 0.2) is 77.9 Å². The Morgan fingerprint density at radius 1 is 1.00 bits per heavy atom. The zero-order valence-corrected chi connectivity index (χ0v) is 15.4. The van der Waals surface area contributed by atoms with Crippen LogP contribution in [0.25, 0.3) is 27.6 Å². The maximum atomic E-state index is 12.6. The van der Waals surface area contributed by atoms with Crippen molar-refractivity contribution < 1.29 is 14.6 Å². The zero-order valence-electron chi connectivity index (χ0n) is 15.4. The van der Waals surface area contributed by atoms with Crippen molar-refractivity contribution in [3.05, 3.63) is 89.0 Å². The topological polar surface area (TPSA) is 110 Å². The predicted octanol–water partition coefficient (Wildman–Crippen LogP) is 3.75. The maximum absolute atomic E-state index is 12.6. The average molecular weight is 398 g/mol. The van der Waals surface area contributed by atoms with Crippen molar-refractivity contribution in [1.82, 2.24) is 19.7 Å². The number of aromatic amines is 1. The number of hydrogen-bond acceptors (Lipinski definition) is 5. The van der Waals surface area contributed by atoms with Gasteiger partial charge >= 0.3 is 5.97 Å². The lowest BCUT2D eigenvalue weighted by Crippen LogP contribution is -2.14. The molecule has 5 aromatic rings. The number of hydrogen-bond donors (Lipinski definition) is 2. The Morgan fingerprint density at radius 3 is 2.57 bits per heavy atom. The van der Waals surface area contributed by atoms with Crippen LogP contribution < -0.4 is 10.3 Å². The van der Waals surface area contributed by atoms with Gasteiger partial charge in [-0.2, -0.15) is 5.10 Å². The third-order valence-corrected chi connectivity index (χ3v) is 4.67. The number of aromatic nitrogens is 4. The lowest BCUT2D eigenvalue weighted by molar-refractivity contribution is 0.0697. The van der Waals surface area contributed by atoms with Gasteiger partial charge in [0.05, 0.1) is 22.7 Å². The van der Waals surface area contributed by atoms with Crippen LogP contribution >= 0.6 is 0 Å². The summed E-state index contributed by atoms with van der Waals surface area (Å²) in [7, 11) is 0. The van der Waals surface area contributed by atoms with Crippen molar-refractivity contribution in [3.63, 3.8) is 0 Å². The summed E-state index contributed by atoms with van der Waals surface area (Å²) in [4.78, 5) is 30.6. The monoisotopic (exact) mass is 398 g/mol. The molecule has 0 unspecified atom stereocenters. The summed E-state index contributed by atoms with van der Waals surface area (Å²) in [6.07, 6.45) is 2.47. The highest BCUT2D eigenvalue weighted by atomic mass is 16.5. The SMILES string of the molecule is O=C(O)c1cnn(-c2nc3ccc(Oc4ccc5ccccc5c4)cc3c(=O)[nH]2)c1. The van der Waals surface area contributed by atoms with E-state index in [0.29, 0.717) is 22.4 Å². The molecule has 0 amide bonds. The normalized spacial score (nSPS) is 11.1. The molecule has 0 aliphatic carbocycles. The molecule has 30 heavy (non-hydrogen) atoms. The summed E-state index contributed by atoms with van der Waals surface area (Å²) >= 11 is 0. The second-order valence-electron chi connectivity index (χ2n) is 6.66. The van der Waals surface area contributed by atoms with Crippen molar-refractivity contribution in [1.29, 1.82) is 0 Å². The fraction of sp³-hybridized carbons (Fsp3) is 0. The van der Waals surface area contributed by atoms with E-state index in [1.807, 2.05) is 42.5 Å². The number of H-pyrrole nitrogens is 1. The molecule has 0 aliphatic rings. The summed E-state index contributed by atoms with van der Waals surface area (Å²) in [5.74, 6) is 0.181. The van der Waals surface area contributed by atoms with Crippen molar-refractivity contribution >= 4 is 27.6 Å². The van der Waals surface area contributed by atoms with Crippen LogP contribution in [0.2, 0.25) is 0 Å². The molecule has 0 fully saturated rings. The number of carbonyl (C=O) groups is 1. The van der Waals surface area contributed by atoms with E-state index in [0.717, 1.165) is 10.8 Å². The lowest BCUT2D eigenvalue weighted by Gasteiger charge is -2.08. The molecule has 8 nitrogen and oxygen atoms in total. The summed E-state index contributed by atoms with van der Waals surface area (Å²) < 4.78 is 7.14. The number of fused-ring (bicyclic) bond motifs is 2. The summed E-state index contributed by atoms with van der Waals surface area (Å²) in [5, 5.41) is 15.5. The van der Waals surface area contributed by atoms with E-state index >= 15 is 0 Å². The molecule has 0 aliphatic heterocycles. The van der Waals surface area contributed by atoms with Gasteiger partial charge in [-0.3, -0.25) is 9.78 Å². The first kappa shape index (κ1) is 17.6. The third-order valence-electron chi connectivity index (χ3n) is 4.67. The van der Waals surface area contributed by atoms with E-state index in [2.05, 4.69) is 15.1 Å². The number of nitrogens with one attached hydrogen (secondary N) is 1. The van der Waals surface area contributed by atoms with Gasteiger partial charge in [0, 0.05) is 6.20 Å². The number of aromatic carboxylic acids is 1. The maximum Gasteiger partial charge on any atom is 0.338 e. The van der Waals surface area contributed by atoms with Gasteiger partial charge in [-0.25, -0.2) is 14.5 Å². The molecule has 0 saturated carbocycles. The number of nitrogens with zero attached hydrogens (tertiary/aromatic N) is 3. The van der Waals surface area contributed by atoms with Crippen LogP contribution in [-0.4, -0.2) is 30.8 Å². The number of ether oxygens (including phenoxy) is 1. The molecule has 2 heterocycles. The number of carboxylic acids is 1. The van der Waals surface area contributed by atoms with E-state index in [4.69, 9.17) is 9.84 Å². The van der Waals surface area contributed by atoms with Crippen molar-refractivity contribution in [2.24, 2.45) is 0 Å². The first-order valence-electron chi connectivity index (χ1n) is 9.06. The Morgan fingerprint density at radius 2 is 1.77 bits per heavy atom. The van der Waals surface area contributed by atoms with Crippen molar-refractivity contribution in [2.45, 2.75) is 0 Å². The smallest absolute Gasteiger partial charge is 0.338 e. The van der Waals surface area contributed by atoms with E-state index in [1.54, 1.807) is 18.2 Å². The van der Waals surface area contributed by atoms with Crippen LogP contribution in [0, 0.1) is 0 Å². The highest BCUT2D eigenvalue weighted by Gasteiger charge is 2.11. The van der Waals surface area contributed by atoms with E-state index < -0.39 is 5.97 Å². The molecule has 0 atom stereocenters. The van der Waals surface area contributed by atoms with Crippen molar-refractivity contribution in [2.75, 3.05) is 0 Å². The zero-order chi connectivity index (χ0) is 20.7. The standard InChI is InChI=1S/C22H14N4O4/c27-20-18-10-17(30-16-6-5-13-3-1-2-4-14(13)9-16)7-8-19(18)24-22(25-20)26-12-15(11-23-26)21(28)29/h1-12H,(H,28,29)(H,24,25,27). The van der Waals surface area contributed by atoms with E-state index in [1.165, 1.54) is 17.1 Å². The van der Waals surface area contributed by atoms with Gasteiger partial charge in [-0.05, 0) is 41.1 Å². The Bertz CT molecular complexity index is 1490. The molecule has 8 heteroatoms. The van der Waals surface area contributed by atoms with Gasteiger partial charge in [0.2, 0.25) is 5.95 Å². The molecular weight excluding hydrogens is 384 g/mol. The van der Waals surface area contributed by atoms with Crippen LogP contribution in [-0.2, 0) is 0 Å². The minimum absolute atomic E-state index is 0.00289. The molecule has 2 N–H and O–H groups in total. The molecule has 0 bridgehead atoms. The highest BCUT2D eigenvalue weighted by molar-refractivity contribution is 5.87. The van der Waals surface area contributed by atoms with Gasteiger partial charge in [0.1, 0.15) is 11.5 Å². The molecule has 0 radical (unpaired) electrons. The van der Waals surface area contributed by atoms with Gasteiger partial charge in [0.15, 0.2) is 0 Å². The lowest BCUT2D eigenvalue weighted by atomic mass is 10.1. The molecule has 0 saturated heterocycles. The quantitative estimate of drug-likeness (QED) is 0.477. The van der Waals surface area contributed by atoms with Gasteiger partial charge in [-0.15, -0.1) is 0 Å². The molecule has 2 aromatic heterocycles. The fourth-order valence-electron chi connectivity index (χ4n) is 3.19. The number of benzene rings is 3. The highest BCUT2D eigenvalue weighted by Crippen LogP contribution is 2.27. The van der Waals surface area contributed by atoms with E-state index in [-0.39, 0.29) is 17.1 Å². The predicted molar refractivity (Wildman–Crippen MR) is 110 cm³/mol. The summed E-state index contributed by atoms with van der Waals surface area (Å²) in [6, 6.07) is 18.8. The van der Waals surface area contributed by atoms with Crippen LogP contribution in [0.5, 0.6) is 11.5 Å². The van der Waals surface area contributed by atoms with E-state index in [9.17, 15) is 9.59 Å². The van der Waals surface area contributed by atoms with Crippen LogP contribution in [0.1, 0.15) is 10.4 Å². The average Bonchev–Trinajstić information content (AvgIpc) is 3.25. The molecule has 146 valence electrons. The molecule has 5 rings (SSSR count). The molecular formula is C22H14N4O4. The Labute approximate surface area is 169 Å². The summed E-state index contributed by atoms with van der Waals surface area (Å²) in [6.45, 7) is 0. The Kier molecular flexibility index (Phi) is 4.03. The number of carboxylic acid groups (broad SMARTS) is 1. The molecule has 0 spiro atoms. The Hall–Kier alpha value is -4.46. The van der Waals surface area contributed by atoms with Crippen LogP contribution in [0.4, 0.5) is 0 Å². The van der Waals surface area contributed by atoms with Crippen LogP contribution in [0.3, 0.4) is 0 Å². The first-order valence-corrected chi connectivity index (χ1v) is 9.06. The third kappa shape index (κ3) is 3.16. The van der Waals surface area contributed by atoms with Gasteiger partial charge in [0.25, 0.3) is 5.56 Å². The first-order chi connectivity index (χ1) is 14.6. The number of rotatable bonds is 4. The van der Waals surface area contributed by atoms with Gasteiger partial charge < -0.3 is 9.84 Å². The fourth-order valence-corrected chi connectivity index (χ4v) is 3.19.